The van der Waals surface area contributed by atoms with Crippen molar-refractivity contribution in [2.45, 2.75) is 26.0 Å². The van der Waals surface area contributed by atoms with Gasteiger partial charge in [-0.2, -0.15) is 0 Å². The molecular formula is C15H18N4O3S. The zero-order valence-electron chi connectivity index (χ0n) is 13.2. The zero-order chi connectivity index (χ0) is 16.4. The number of nitrogens with one attached hydrogen (secondary N) is 1. The molecule has 0 bridgehead atoms. The van der Waals surface area contributed by atoms with Gasteiger partial charge in [0.2, 0.25) is 5.13 Å². The molecule has 0 unspecified atom stereocenters. The lowest BCUT2D eigenvalue weighted by atomic mass is 10.1. The predicted molar refractivity (Wildman–Crippen MR) is 87.0 cm³/mol. The van der Waals surface area contributed by atoms with Crippen LogP contribution >= 0.6 is 11.3 Å². The largest absolute Gasteiger partial charge is 0.497 e. The van der Waals surface area contributed by atoms with Gasteiger partial charge in [0, 0.05) is 11.6 Å². The van der Waals surface area contributed by atoms with E-state index in [2.05, 4.69) is 15.5 Å². The highest BCUT2D eigenvalue weighted by molar-refractivity contribution is 7.13. The molecule has 0 saturated carbocycles. The summed E-state index contributed by atoms with van der Waals surface area (Å²) in [5, 5.41) is 10.8. The Balaban J connectivity index is 1.85. The molecule has 2 amide bonds. The van der Waals surface area contributed by atoms with E-state index in [-0.39, 0.29) is 6.03 Å². The summed E-state index contributed by atoms with van der Waals surface area (Å²) < 4.78 is 11.3. The highest BCUT2D eigenvalue weighted by Crippen LogP contribution is 2.32. The Labute approximate surface area is 138 Å². The second kappa shape index (κ2) is 6.04. The van der Waals surface area contributed by atoms with E-state index in [0.29, 0.717) is 18.2 Å². The fourth-order valence-electron chi connectivity index (χ4n) is 2.48. The fourth-order valence-corrected chi connectivity index (χ4v) is 2.91. The van der Waals surface area contributed by atoms with Crippen molar-refractivity contribution >= 4 is 22.5 Å². The van der Waals surface area contributed by atoms with E-state index < -0.39 is 5.60 Å². The van der Waals surface area contributed by atoms with Crippen LogP contribution in [0.4, 0.5) is 9.93 Å². The number of methoxy groups -OCH3 is 1. The molecule has 8 heteroatoms. The summed E-state index contributed by atoms with van der Waals surface area (Å²) >= 11 is 1.28. The molecule has 0 spiro atoms. The number of fused-ring (bicyclic) bond motifs is 1. The minimum absolute atomic E-state index is 0.220. The summed E-state index contributed by atoms with van der Waals surface area (Å²) in [7, 11) is 1.62. The molecule has 1 aromatic heterocycles. The van der Waals surface area contributed by atoms with Crippen LogP contribution in [0.1, 0.15) is 19.4 Å². The monoisotopic (exact) mass is 334 g/mol. The van der Waals surface area contributed by atoms with Crippen molar-refractivity contribution in [3.05, 3.63) is 29.3 Å². The lowest BCUT2D eigenvalue weighted by molar-refractivity contribution is 0.0833. The van der Waals surface area contributed by atoms with Crippen LogP contribution in [0.25, 0.3) is 0 Å². The van der Waals surface area contributed by atoms with Crippen molar-refractivity contribution in [3.8, 4) is 11.5 Å². The highest BCUT2D eigenvalue weighted by Gasteiger charge is 2.32. The van der Waals surface area contributed by atoms with Crippen LogP contribution < -0.4 is 14.8 Å². The number of aromatic nitrogens is 2. The molecule has 1 aliphatic rings. The van der Waals surface area contributed by atoms with Crippen LogP contribution in [0, 0.1) is 0 Å². The van der Waals surface area contributed by atoms with Gasteiger partial charge in [0.1, 0.15) is 22.6 Å². The number of carbonyl (C=O) groups is 1. The number of hydrogen-bond acceptors (Lipinski definition) is 6. The van der Waals surface area contributed by atoms with Gasteiger partial charge in [0.25, 0.3) is 0 Å². The zero-order valence-corrected chi connectivity index (χ0v) is 14.0. The minimum atomic E-state index is -0.518. The first-order valence-corrected chi connectivity index (χ1v) is 8.03. The molecule has 1 N–H and O–H groups in total. The molecule has 0 fully saturated rings. The number of nitrogens with zero attached hydrogens (tertiary/aromatic N) is 3. The van der Waals surface area contributed by atoms with Crippen LogP contribution in [-0.4, -0.2) is 40.4 Å². The van der Waals surface area contributed by atoms with Crippen molar-refractivity contribution in [3.63, 3.8) is 0 Å². The molecule has 122 valence electrons. The molecule has 7 nitrogen and oxygen atoms in total. The molecule has 2 heterocycles. The molecule has 1 aliphatic heterocycles. The van der Waals surface area contributed by atoms with Gasteiger partial charge in [0.05, 0.1) is 20.2 Å². The lowest BCUT2D eigenvalue weighted by Crippen LogP contribution is -2.44. The van der Waals surface area contributed by atoms with Gasteiger partial charge in [0.15, 0.2) is 0 Å². The van der Waals surface area contributed by atoms with Gasteiger partial charge in [-0.05, 0) is 26.0 Å². The Morgan fingerprint density at radius 3 is 3.00 bits per heavy atom. The van der Waals surface area contributed by atoms with Gasteiger partial charge in [-0.3, -0.25) is 5.32 Å². The van der Waals surface area contributed by atoms with Crippen LogP contribution in [0.2, 0.25) is 0 Å². The smallest absolute Gasteiger partial charge is 0.324 e. The van der Waals surface area contributed by atoms with E-state index in [1.54, 1.807) is 17.5 Å². The molecule has 2 aromatic rings. The van der Waals surface area contributed by atoms with Crippen molar-refractivity contribution < 1.29 is 14.3 Å². The highest BCUT2D eigenvalue weighted by atomic mass is 32.1. The average Bonchev–Trinajstić information content (AvgIpc) is 2.95. The maximum atomic E-state index is 12.5. The van der Waals surface area contributed by atoms with Gasteiger partial charge < -0.3 is 14.4 Å². The third kappa shape index (κ3) is 3.53. The third-order valence-electron chi connectivity index (χ3n) is 3.45. The van der Waals surface area contributed by atoms with E-state index in [9.17, 15) is 4.79 Å². The summed E-state index contributed by atoms with van der Waals surface area (Å²) in [6.45, 7) is 4.81. The number of amides is 2. The summed E-state index contributed by atoms with van der Waals surface area (Å²) in [5.74, 6) is 1.46. The second-order valence-corrected chi connectivity index (χ2v) is 6.70. The van der Waals surface area contributed by atoms with Gasteiger partial charge in [-0.1, -0.05) is 11.3 Å². The number of benzene rings is 1. The van der Waals surface area contributed by atoms with E-state index in [1.165, 1.54) is 11.3 Å². The number of urea groups is 1. The summed E-state index contributed by atoms with van der Waals surface area (Å²) in [6.07, 6.45) is 0. The van der Waals surface area contributed by atoms with Crippen LogP contribution in [0.5, 0.6) is 11.5 Å². The van der Waals surface area contributed by atoms with Gasteiger partial charge >= 0.3 is 6.03 Å². The molecule has 0 aliphatic carbocycles. The Bertz CT molecular complexity index is 703. The number of rotatable bonds is 2. The molecule has 1 aromatic carbocycles. The first-order chi connectivity index (χ1) is 11.0. The van der Waals surface area contributed by atoms with Crippen molar-refractivity contribution in [2.24, 2.45) is 0 Å². The number of hydrogen-bond donors (Lipinski definition) is 1. The normalized spacial score (nSPS) is 16.0. The Hall–Kier alpha value is -2.35. The van der Waals surface area contributed by atoms with E-state index in [1.807, 2.05) is 32.0 Å². The van der Waals surface area contributed by atoms with Crippen LogP contribution in [0.15, 0.2) is 23.7 Å². The lowest BCUT2D eigenvalue weighted by Gasteiger charge is -2.29. The fraction of sp³-hybridized carbons (Fsp3) is 0.400. The number of carbonyl (C=O) groups excluding carboxylic acids is 1. The minimum Gasteiger partial charge on any atom is -0.497 e. The maximum absolute atomic E-state index is 12.5. The number of anilines is 1. The van der Waals surface area contributed by atoms with E-state index >= 15 is 0 Å². The Morgan fingerprint density at radius 2 is 2.30 bits per heavy atom. The SMILES string of the molecule is COc1ccc2c(c1)OC(C)(C)CN(C(=O)Nc1nncs1)C2. The van der Waals surface area contributed by atoms with E-state index in [4.69, 9.17) is 9.47 Å². The van der Waals surface area contributed by atoms with Crippen LogP contribution in [-0.2, 0) is 6.54 Å². The number of ether oxygens (including phenoxy) is 2. The van der Waals surface area contributed by atoms with Crippen molar-refractivity contribution in [1.29, 1.82) is 0 Å². The molecule has 23 heavy (non-hydrogen) atoms. The Morgan fingerprint density at radius 1 is 1.48 bits per heavy atom. The summed E-state index contributed by atoms with van der Waals surface area (Å²) in [6, 6.07) is 5.41. The molecule has 3 rings (SSSR count). The quantitative estimate of drug-likeness (QED) is 0.914. The molecule has 0 atom stereocenters. The third-order valence-corrected chi connectivity index (χ3v) is 4.06. The van der Waals surface area contributed by atoms with Crippen molar-refractivity contribution in [1.82, 2.24) is 15.1 Å². The molecule has 0 radical (unpaired) electrons. The first-order valence-electron chi connectivity index (χ1n) is 7.15. The van der Waals surface area contributed by atoms with Crippen LogP contribution in [0.3, 0.4) is 0 Å². The van der Waals surface area contributed by atoms with Gasteiger partial charge in [-0.15, -0.1) is 10.2 Å². The second-order valence-electron chi connectivity index (χ2n) is 5.87. The predicted octanol–water partition coefficient (Wildman–Crippen LogP) is 2.75. The van der Waals surface area contributed by atoms with E-state index in [0.717, 1.165) is 17.1 Å². The maximum Gasteiger partial charge on any atom is 0.324 e. The Kier molecular flexibility index (Phi) is 4.08. The average molecular weight is 334 g/mol. The van der Waals surface area contributed by atoms with Crippen molar-refractivity contribution in [2.75, 3.05) is 19.0 Å². The van der Waals surface area contributed by atoms with Gasteiger partial charge in [-0.25, -0.2) is 4.79 Å². The standard InChI is InChI=1S/C15H18N4O3S/c1-15(2)8-19(14(20)17-13-18-16-9-23-13)7-10-4-5-11(21-3)6-12(10)22-15/h4-6,9H,7-8H2,1-3H3,(H,17,18,20). The first kappa shape index (κ1) is 15.5. The summed E-state index contributed by atoms with van der Waals surface area (Å²) in [5.41, 5.74) is 1.99. The topological polar surface area (TPSA) is 76.6 Å². The molecular weight excluding hydrogens is 316 g/mol. The summed E-state index contributed by atoms with van der Waals surface area (Å²) in [4.78, 5) is 14.2. The molecule has 0 saturated heterocycles.